The van der Waals surface area contributed by atoms with Gasteiger partial charge < -0.3 is 24.4 Å². The van der Waals surface area contributed by atoms with Crippen molar-refractivity contribution < 1.29 is 42.4 Å². The van der Waals surface area contributed by atoms with Crippen LogP contribution >= 0.6 is 0 Å². The van der Waals surface area contributed by atoms with Crippen molar-refractivity contribution in [2.45, 2.75) is 6.18 Å². The minimum absolute atomic E-state index is 0.0135. The number of hydrogen-bond donors (Lipinski definition) is 2. The van der Waals surface area contributed by atoms with Crippen molar-refractivity contribution in [2.24, 2.45) is 0 Å². The zero-order chi connectivity index (χ0) is 29.6. The second-order valence-electron chi connectivity index (χ2n) is 8.67. The van der Waals surface area contributed by atoms with Gasteiger partial charge in [0.1, 0.15) is 0 Å². The Morgan fingerprint density at radius 1 is 0.829 bits per heavy atom. The molecule has 212 valence electrons. The number of aromatic hydroxyl groups is 2. The number of aromatic nitrogens is 2. The minimum Gasteiger partial charge on any atom is -0.504 e. The van der Waals surface area contributed by atoms with Gasteiger partial charge in [0.25, 0.3) is 0 Å². The smallest absolute Gasteiger partial charge is 0.422 e. The maximum atomic E-state index is 12.4. The summed E-state index contributed by atoms with van der Waals surface area (Å²) in [6.07, 6.45) is 2.37. The first-order valence-corrected chi connectivity index (χ1v) is 12.1. The number of halogens is 3. The third-order valence-corrected chi connectivity index (χ3v) is 5.77. The first kappa shape index (κ1) is 28.8. The number of carbonyl (C=O) groups is 1. The number of methoxy groups -OCH3 is 2. The largest absolute Gasteiger partial charge is 0.504 e. The lowest BCUT2D eigenvalue weighted by Gasteiger charge is -2.09. The van der Waals surface area contributed by atoms with Crippen molar-refractivity contribution in [2.75, 3.05) is 20.8 Å². The van der Waals surface area contributed by atoms with Gasteiger partial charge in [-0.15, -0.1) is 0 Å². The van der Waals surface area contributed by atoms with Crippen molar-refractivity contribution >= 4 is 30.3 Å². The van der Waals surface area contributed by atoms with E-state index >= 15 is 0 Å². The SMILES string of the molecule is COc1ccc(/C=C/c2cc(/C=C/c3ccc(OC)c(O)c3)n(-c3ccc(C(=O)OCC(F)(F)F)cc3)n2)cc1O. The Labute approximate surface area is 233 Å². The van der Waals surface area contributed by atoms with Crippen molar-refractivity contribution in [3.05, 3.63) is 94.8 Å². The van der Waals surface area contributed by atoms with E-state index in [1.165, 1.54) is 44.6 Å². The summed E-state index contributed by atoms with van der Waals surface area (Å²) >= 11 is 0. The fourth-order valence-electron chi connectivity index (χ4n) is 3.78. The summed E-state index contributed by atoms with van der Waals surface area (Å²) in [4.78, 5) is 12.0. The first-order chi connectivity index (χ1) is 19.6. The van der Waals surface area contributed by atoms with Crippen LogP contribution in [0.4, 0.5) is 13.2 Å². The van der Waals surface area contributed by atoms with Crippen LogP contribution < -0.4 is 9.47 Å². The molecule has 4 aromatic rings. The predicted molar refractivity (Wildman–Crippen MR) is 147 cm³/mol. The average molecular weight is 567 g/mol. The number of hydrogen-bond acceptors (Lipinski definition) is 7. The molecule has 41 heavy (non-hydrogen) atoms. The Morgan fingerprint density at radius 2 is 1.39 bits per heavy atom. The molecule has 0 amide bonds. The lowest BCUT2D eigenvalue weighted by Crippen LogP contribution is -2.20. The molecule has 0 radical (unpaired) electrons. The van der Waals surface area contributed by atoms with Crippen LogP contribution in [0.5, 0.6) is 23.0 Å². The molecule has 1 heterocycles. The Morgan fingerprint density at radius 3 is 1.90 bits per heavy atom. The lowest BCUT2D eigenvalue weighted by molar-refractivity contribution is -0.161. The fourth-order valence-corrected chi connectivity index (χ4v) is 3.78. The molecule has 0 spiro atoms. The zero-order valence-corrected chi connectivity index (χ0v) is 21.9. The van der Waals surface area contributed by atoms with Gasteiger partial charge in [0.15, 0.2) is 29.6 Å². The van der Waals surface area contributed by atoms with Crippen LogP contribution in [0.2, 0.25) is 0 Å². The van der Waals surface area contributed by atoms with Crippen molar-refractivity contribution in [1.29, 1.82) is 0 Å². The van der Waals surface area contributed by atoms with Gasteiger partial charge in [0.2, 0.25) is 0 Å². The third-order valence-electron chi connectivity index (χ3n) is 5.77. The van der Waals surface area contributed by atoms with E-state index in [-0.39, 0.29) is 17.1 Å². The molecule has 0 aliphatic carbocycles. The molecule has 4 rings (SSSR count). The average Bonchev–Trinajstić information content (AvgIpc) is 3.36. The van der Waals surface area contributed by atoms with E-state index in [9.17, 15) is 28.2 Å². The van der Waals surface area contributed by atoms with Gasteiger partial charge in [0, 0.05) is 0 Å². The highest BCUT2D eigenvalue weighted by Crippen LogP contribution is 2.29. The number of ether oxygens (including phenoxy) is 3. The van der Waals surface area contributed by atoms with Gasteiger partial charge in [-0.1, -0.05) is 24.3 Å². The second kappa shape index (κ2) is 12.3. The molecule has 0 aliphatic heterocycles. The van der Waals surface area contributed by atoms with Crippen LogP contribution in [-0.2, 0) is 4.74 Å². The summed E-state index contributed by atoms with van der Waals surface area (Å²) in [5.74, 6) is -0.463. The number of nitrogens with zero attached hydrogens (tertiary/aromatic N) is 2. The predicted octanol–water partition coefficient (Wildman–Crippen LogP) is 6.36. The Hall–Kier alpha value is -5.19. The maximum Gasteiger partial charge on any atom is 0.422 e. The quantitative estimate of drug-likeness (QED) is 0.227. The van der Waals surface area contributed by atoms with Gasteiger partial charge in [-0.05, 0) is 77.9 Å². The van der Waals surface area contributed by atoms with Crippen LogP contribution in [0.3, 0.4) is 0 Å². The monoisotopic (exact) mass is 566 g/mol. The molecule has 0 unspecified atom stereocenters. The number of carbonyl (C=O) groups excluding carboxylic acids is 1. The van der Waals surface area contributed by atoms with Gasteiger partial charge in [-0.3, -0.25) is 0 Å². The van der Waals surface area contributed by atoms with Crippen LogP contribution in [0.15, 0.2) is 66.7 Å². The van der Waals surface area contributed by atoms with Crippen LogP contribution in [0, 0.1) is 0 Å². The number of rotatable bonds is 9. The standard InChI is InChI=1S/C30H25F3N2O6/c1-39-27-13-5-19(15-25(27)36)3-9-22-17-24(10-4-20-6-14-28(40-2)26(37)16-20)35(34-22)23-11-7-21(8-12-23)29(38)41-18-30(31,32)33/h3-17,36-37H,18H2,1-2H3/b9-3+,10-4+. The Balaban J connectivity index is 1.65. The fraction of sp³-hybridized carbons (Fsp3) is 0.133. The van der Waals surface area contributed by atoms with Gasteiger partial charge in [-0.25, -0.2) is 9.48 Å². The molecule has 11 heteroatoms. The third kappa shape index (κ3) is 7.47. The van der Waals surface area contributed by atoms with E-state index in [0.717, 1.165) is 0 Å². The molecule has 0 aliphatic rings. The van der Waals surface area contributed by atoms with Crippen LogP contribution in [-0.4, -0.2) is 53.0 Å². The summed E-state index contributed by atoms with van der Waals surface area (Å²) in [5.41, 5.74) is 3.03. The molecule has 0 bridgehead atoms. The number of phenolic OH excluding ortho intramolecular Hbond substituents is 2. The van der Waals surface area contributed by atoms with E-state index in [0.29, 0.717) is 39.7 Å². The molecular formula is C30H25F3N2O6. The summed E-state index contributed by atoms with van der Waals surface area (Å²) in [7, 11) is 2.91. The molecule has 0 atom stereocenters. The molecule has 0 fully saturated rings. The molecule has 0 saturated heterocycles. The van der Waals surface area contributed by atoms with Crippen molar-refractivity contribution in [1.82, 2.24) is 9.78 Å². The Kier molecular flexibility index (Phi) is 8.66. The summed E-state index contributed by atoms with van der Waals surface area (Å²) in [6.45, 7) is -1.68. The van der Waals surface area contributed by atoms with E-state index in [4.69, 9.17) is 9.47 Å². The molecule has 3 aromatic carbocycles. The van der Waals surface area contributed by atoms with Crippen molar-refractivity contribution in [3.8, 4) is 28.7 Å². The number of phenols is 2. The second-order valence-corrected chi connectivity index (χ2v) is 8.67. The Bertz CT molecular complexity index is 1590. The highest BCUT2D eigenvalue weighted by Gasteiger charge is 2.29. The first-order valence-electron chi connectivity index (χ1n) is 12.1. The summed E-state index contributed by atoms with van der Waals surface area (Å²) in [5, 5.41) is 24.8. The molecule has 0 saturated carbocycles. The normalized spacial score (nSPS) is 11.7. The van der Waals surface area contributed by atoms with Crippen LogP contribution in [0.1, 0.15) is 32.9 Å². The number of benzene rings is 3. The topological polar surface area (TPSA) is 103 Å². The summed E-state index contributed by atoms with van der Waals surface area (Å²) < 4.78 is 53.3. The maximum absolute atomic E-state index is 12.4. The van der Waals surface area contributed by atoms with E-state index < -0.39 is 18.8 Å². The van der Waals surface area contributed by atoms with E-state index in [1.54, 1.807) is 65.4 Å². The zero-order valence-electron chi connectivity index (χ0n) is 21.9. The number of esters is 1. The van der Waals surface area contributed by atoms with Gasteiger partial charge in [0.05, 0.1) is 36.9 Å². The molecule has 2 N–H and O–H groups in total. The highest BCUT2D eigenvalue weighted by molar-refractivity contribution is 5.89. The lowest BCUT2D eigenvalue weighted by atomic mass is 10.1. The van der Waals surface area contributed by atoms with Crippen LogP contribution in [0.25, 0.3) is 30.0 Å². The molecule has 1 aromatic heterocycles. The van der Waals surface area contributed by atoms with Gasteiger partial charge >= 0.3 is 12.1 Å². The molecule has 8 nitrogen and oxygen atoms in total. The van der Waals surface area contributed by atoms with Gasteiger partial charge in [-0.2, -0.15) is 18.3 Å². The van der Waals surface area contributed by atoms with E-state index in [1.807, 2.05) is 0 Å². The molecular weight excluding hydrogens is 541 g/mol. The minimum atomic E-state index is -4.62. The van der Waals surface area contributed by atoms with E-state index in [2.05, 4.69) is 9.84 Å². The van der Waals surface area contributed by atoms with Crippen molar-refractivity contribution in [3.63, 3.8) is 0 Å². The summed E-state index contributed by atoms with van der Waals surface area (Å²) in [6, 6.07) is 17.4. The number of alkyl halides is 3. The highest BCUT2D eigenvalue weighted by atomic mass is 19.4.